The summed E-state index contributed by atoms with van der Waals surface area (Å²) in [4.78, 5) is 26.4. The molecule has 0 bridgehead atoms. The number of nitro benzene ring substituents is 1. The summed E-state index contributed by atoms with van der Waals surface area (Å²) in [6.07, 6.45) is 0. The number of fused-ring (bicyclic) bond motifs is 1. The summed E-state index contributed by atoms with van der Waals surface area (Å²) < 4.78 is 18.2. The molecule has 0 saturated heterocycles. The van der Waals surface area contributed by atoms with Gasteiger partial charge in [0.1, 0.15) is 11.5 Å². The van der Waals surface area contributed by atoms with Crippen molar-refractivity contribution in [2.24, 2.45) is 0 Å². The Kier molecular flexibility index (Phi) is 3.68. The van der Waals surface area contributed by atoms with Gasteiger partial charge in [-0.25, -0.2) is 14.2 Å². The van der Waals surface area contributed by atoms with Crippen LogP contribution in [-0.2, 0) is 0 Å². The Morgan fingerprint density at radius 2 is 1.91 bits per heavy atom. The van der Waals surface area contributed by atoms with E-state index in [2.05, 4.69) is 4.98 Å². The molecule has 0 radical (unpaired) electrons. The molecule has 0 fully saturated rings. The van der Waals surface area contributed by atoms with E-state index in [0.717, 1.165) is 23.6 Å². The number of hydrogen-bond acceptors (Lipinski definition) is 5. The van der Waals surface area contributed by atoms with Crippen LogP contribution >= 0.6 is 0 Å². The van der Waals surface area contributed by atoms with Crippen molar-refractivity contribution in [2.45, 2.75) is 0 Å². The number of nitro groups is 1. The molecular formula is C16H9FN2O4. The maximum Gasteiger partial charge on any atom is 0.362 e. The van der Waals surface area contributed by atoms with Gasteiger partial charge in [-0.15, -0.1) is 0 Å². The number of carbonyl (C=O) groups excluding carboxylic acids is 1. The number of hydrogen-bond donors (Lipinski definition) is 0. The predicted molar refractivity (Wildman–Crippen MR) is 79.8 cm³/mol. The van der Waals surface area contributed by atoms with Crippen LogP contribution in [0.2, 0.25) is 0 Å². The van der Waals surface area contributed by atoms with Crippen molar-refractivity contribution in [3.05, 3.63) is 76.2 Å². The first-order chi connectivity index (χ1) is 11.0. The second kappa shape index (κ2) is 5.80. The molecule has 1 aromatic heterocycles. The van der Waals surface area contributed by atoms with E-state index in [-0.39, 0.29) is 5.69 Å². The van der Waals surface area contributed by atoms with Crippen LogP contribution in [0.4, 0.5) is 10.1 Å². The molecule has 1 heterocycles. The summed E-state index contributed by atoms with van der Waals surface area (Å²) in [6.45, 7) is 0. The van der Waals surface area contributed by atoms with Crippen LogP contribution in [0.15, 0.2) is 54.6 Å². The topological polar surface area (TPSA) is 82.3 Å². The number of esters is 1. The van der Waals surface area contributed by atoms with E-state index in [1.165, 1.54) is 6.07 Å². The quantitative estimate of drug-likeness (QED) is 0.320. The van der Waals surface area contributed by atoms with E-state index in [4.69, 9.17) is 4.74 Å². The summed E-state index contributed by atoms with van der Waals surface area (Å²) in [5, 5.41) is 11.7. The van der Waals surface area contributed by atoms with Crippen LogP contribution in [0.3, 0.4) is 0 Å². The van der Waals surface area contributed by atoms with Gasteiger partial charge in [-0.3, -0.25) is 10.1 Å². The largest absolute Gasteiger partial charge is 0.414 e. The number of halogens is 1. The third-order valence-electron chi connectivity index (χ3n) is 3.13. The summed E-state index contributed by atoms with van der Waals surface area (Å²) in [5.74, 6) is -2.11. The lowest BCUT2D eigenvalue weighted by Gasteiger charge is -2.05. The van der Waals surface area contributed by atoms with Gasteiger partial charge in [-0.05, 0) is 18.2 Å². The number of rotatable bonds is 3. The maximum atomic E-state index is 13.2. The third-order valence-corrected chi connectivity index (χ3v) is 3.13. The summed E-state index contributed by atoms with van der Waals surface area (Å²) >= 11 is 0. The highest BCUT2D eigenvalue weighted by molar-refractivity contribution is 5.92. The Labute approximate surface area is 129 Å². The summed E-state index contributed by atoms with van der Waals surface area (Å²) in [7, 11) is 0. The molecule has 3 aromatic rings. The van der Waals surface area contributed by atoms with Crippen molar-refractivity contribution in [2.75, 3.05) is 0 Å². The molecule has 6 nitrogen and oxygen atoms in total. The van der Waals surface area contributed by atoms with Crippen LogP contribution in [0, 0.1) is 15.9 Å². The van der Waals surface area contributed by atoms with Gasteiger partial charge < -0.3 is 4.74 Å². The van der Waals surface area contributed by atoms with Gasteiger partial charge in [0.25, 0.3) is 0 Å². The number of benzene rings is 2. The third kappa shape index (κ3) is 2.98. The number of para-hydroxylation sites is 1. The van der Waals surface area contributed by atoms with Gasteiger partial charge in [-0.1, -0.05) is 24.3 Å². The molecule has 0 atom stereocenters. The van der Waals surface area contributed by atoms with Gasteiger partial charge >= 0.3 is 11.7 Å². The molecule has 2 aromatic carbocycles. The minimum Gasteiger partial charge on any atom is -0.414 e. The molecule has 0 amide bonds. The fraction of sp³-hybridized carbons (Fsp3) is 0. The van der Waals surface area contributed by atoms with Gasteiger partial charge in [0, 0.05) is 17.5 Å². The molecule has 0 aliphatic rings. The molecule has 0 aliphatic carbocycles. The second-order valence-electron chi connectivity index (χ2n) is 4.65. The first kappa shape index (κ1) is 14.6. The van der Waals surface area contributed by atoms with Crippen LogP contribution in [0.1, 0.15) is 10.5 Å². The van der Waals surface area contributed by atoms with Crippen LogP contribution in [-0.4, -0.2) is 15.9 Å². The van der Waals surface area contributed by atoms with E-state index >= 15 is 0 Å². The van der Waals surface area contributed by atoms with Crippen molar-refractivity contribution in [3.8, 4) is 5.75 Å². The zero-order valence-corrected chi connectivity index (χ0v) is 11.6. The highest BCUT2D eigenvalue weighted by Crippen LogP contribution is 2.28. The second-order valence-corrected chi connectivity index (χ2v) is 4.65. The molecule has 114 valence electrons. The van der Waals surface area contributed by atoms with E-state index in [0.29, 0.717) is 5.52 Å². The fourth-order valence-electron chi connectivity index (χ4n) is 2.05. The van der Waals surface area contributed by atoms with Gasteiger partial charge in [0.2, 0.25) is 5.75 Å². The average Bonchev–Trinajstić information content (AvgIpc) is 2.54. The maximum absolute atomic E-state index is 13.2. The van der Waals surface area contributed by atoms with Crippen LogP contribution in [0.25, 0.3) is 10.9 Å². The lowest BCUT2D eigenvalue weighted by molar-refractivity contribution is -0.385. The Balaban J connectivity index is 1.94. The van der Waals surface area contributed by atoms with E-state index < -0.39 is 28.1 Å². The Morgan fingerprint density at radius 1 is 1.13 bits per heavy atom. The number of aromatic nitrogens is 1. The fourth-order valence-corrected chi connectivity index (χ4v) is 2.05. The molecule has 0 saturated carbocycles. The number of carbonyl (C=O) groups is 1. The molecule has 0 spiro atoms. The normalized spacial score (nSPS) is 10.5. The average molecular weight is 312 g/mol. The highest BCUT2D eigenvalue weighted by atomic mass is 19.1. The van der Waals surface area contributed by atoms with Crippen molar-refractivity contribution in [3.63, 3.8) is 0 Å². The van der Waals surface area contributed by atoms with Crippen molar-refractivity contribution in [1.82, 2.24) is 4.98 Å². The van der Waals surface area contributed by atoms with Gasteiger partial charge in [0.05, 0.1) is 10.4 Å². The van der Waals surface area contributed by atoms with Gasteiger partial charge in [-0.2, -0.15) is 0 Å². The first-order valence-corrected chi connectivity index (χ1v) is 6.56. The van der Waals surface area contributed by atoms with Crippen LogP contribution < -0.4 is 4.74 Å². The summed E-state index contributed by atoms with van der Waals surface area (Å²) in [5.41, 5.74) is 0.0542. The predicted octanol–water partition coefficient (Wildman–Crippen LogP) is 3.50. The number of nitrogens with zero attached hydrogens (tertiary/aromatic N) is 2. The smallest absolute Gasteiger partial charge is 0.362 e. The minimum atomic E-state index is -0.899. The SMILES string of the molecule is O=C(Oc1cc(F)ccc1[N+](=O)[O-])c1ccc2ccccc2n1. The Bertz CT molecular complexity index is 927. The zero-order valence-electron chi connectivity index (χ0n) is 11.6. The molecule has 3 rings (SSSR count). The minimum absolute atomic E-state index is 0.0257. The lowest BCUT2D eigenvalue weighted by Crippen LogP contribution is -2.11. The molecule has 23 heavy (non-hydrogen) atoms. The standard InChI is InChI=1S/C16H9FN2O4/c17-11-6-8-14(19(21)22)15(9-11)23-16(20)13-7-5-10-3-1-2-4-12(10)18-13/h1-9H. The van der Waals surface area contributed by atoms with Crippen molar-refractivity contribution in [1.29, 1.82) is 0 Å². The number of pyridine rings is 1. The van der Waals surface area contributed by atoms with E-state index in [9.17, 15) is 19.3 Å². The molecule has 7 heteroatoms. The van der Waals surface area contributed by atoms with Gasteiger partial charge in [0.15, 0.2) is 0 Å². The first-order valence-electron chi connectivity index (χ1n) is 6.56. The lowest BCUT2D eigenvalue weighted by atomic mass is 10.2. The summed E-state index contributed by atoms with van der Waals surface area (Å²) in [6, 6.07) is 12.9. The van der Waals surface area contributed by atoms with E-state index in [1.807, 2.05) is 12.1 Å². The Morgan fingerprint density at radius 3 is 2.70 bits per heavy atom. The molecule has 0 aliphatic heterocycles. The molecule has 0 unspecified atom stereocenters. The zero-order chi connectivity index (χ0) is 16.4. The van der Waals surface area contributed by atoms with Crippen molar-refractivity contribution < 1.29 is 18.8 Å². The Hall–Kier alpha value is -3.35. The highest BCUT2D eigenvalue weighted by Gasteiger charge is 2.20. The number of ether oxygens (including phenoxy) is 1. The molecular weight excluding hydrogens is 303 g/mol. The van der Waals surface area contributed by atoms with Crippen LogP contribution in [0.5, 0.6) is 5.75 Å². The van der Waals surface area contributed by atoms with E-state index in [1.54, 1.807) is 18.2 Å². The molecule has 0 N–H and O–H groups in total. The monoisotopic (exact) mass is 312 g/mol. The van der Waals surface area contributed by atoms with Crippen molar-refractivity contribution >= 4 is 22.6 Å².